The highest BCUT2D eigenvalue weighted by atomic mass is 35.5. The molecule has 0 bridgehead atoms. The number of nitrogens with zero attached hydrogens (tertiary/aromatic N) is 4. The van der Waals surface area contributed by atoms with Crippen LogP contribution in [0.15, 0.2) is 24.3 Å². The van der Waals surface area contributed by atoms with E-state index in [1.807, 2.05) is 0 Å². The molecule has 2 aromatic rings. The second kappa shape index (κ2) is 4.28. The number of rotatable bonds is 3. The maximum atomic E-state index is 10.6. The molecule has 0 atom stereocenters. The van der Waals surface area contributed by atoms with Crippen molar-refractivity contribution in [2.45, 2.75) is 6.42 Å². The molecule has 16 heavy (non-hydrogen) atoms. The first kappa shape index (κ1) is 10.6. The smallest absolute Gasteiger partial charge is 0.311 e. The third kappa shape index (κ3) is 2.17. The number of hydrogen-bond acceptors (Lipinski definition) is 4. The Morgan fingerprint density at radius 1 is 1.38 bits per heavy atom. The number of carbonyl (C=O) groups is 1. The second-order valence-corrected chi connectivity index (χ2v) is 3.49. The van der Waals surface area contributed by atoms with E-state index in [1.165, 1.54) is 4.68 Å². The Labute approximate surface area is 95.5 Å². The summed E-state index contributed by atoms with van der Waals surface area (Å²) in [7, 11) is 0. The van der Waals surface area contributed by atoms with Crippen LogP contribution in [-0.4, -0.2) is 31.3 Å². The predicted molar refractivity (Wildman–Crippen MR) is 55.5 cm³/mol. The lowest BCUT2D eigenvalue weighted by Crippen LogP contribution is -2.08. The van der Waals surface area contributed by atoms with Crippen LogP contribution in [0.3, 0.4) is 0 Å². The molecule has 0 fully saturated rings. The zero-order valence-corrected chi connectivity index (χ0v) is 8.79. The van der Waals surface area contributed by atoms with Gasteiger partial charge in [0.05, 0.1) is 5.69 Å². The van der Waals surface area contributed by atoms with E-state index >= 15 is 0 Å². The lowest BCUT2D eigenvalue weighted by Gasteiger charge is -2.02. The fraction of sp³-hybridized carbons (Fsp3) is 0.111. The van der Waals surface area contributed by atoms with Gasteiger partial charge in [-0.05, 0) is 34.7 Å². The minimum Gasteiger partial charge on any atom is -0.481 e. The first-order chi connectivity index (χ1) is 7.66. The number of aliphatic carboxylic acids is 1. The Morgan fingerprint density at radius 3 is 2.69 bits per heavy atom. The minimum atomic E-state index is -0.981. The van der Waals surface area contributed by atoms with Gasteiger partial charge in [-0.25, -0.2) is 0 Å². The van der Waals surface area contributed by atoms with Crippen LogP contribution in [0.2, 0.25) is 5.02 Å². The van der Waals surface area contributed by atoms with E-state index in [1.54, 1.807) is 24.3 Å². The molecule has 0 unspecified atom stereocenters. The van der Waals surface area contributed by atoms with Gasteiger partial charge in [-0.15, -0.1) is 5.10 Å². The normalized spacial score (nSPS) is 10.3. The third-order valence-corrected chi connectivity index (χ3v) is 2.17. The summed E-state index contributed by atoms with van der Waals surface area (Å²) >= 11 is 5.74. The maximum absolute atomic E-state index is 10.6. The van der Waals surface area contributed by atoms with Crippen LogP contribution in [0, 0.1) is 0 Å². The number of benzene rings is 1. The van der Waals surface area contributed by atoms with Gasteiger partial charge in [0.2, 0.25) is 0 Å². The largest absolute Gasteiger partial charge is 0.481 e. The molecule has 1 aromatic heterocycles. The number of tetrazole rings is 1. The topological polar surface area (TPSA) is 80.9 Å². The zero-order valence-electron chi connectivity index (χ0n) is 8.04. The molecule has 1 aromatic carbocycles. The van der Waals surface area contributed by atoms with E-state index in [-0.39, 0.29) is 12.2 Å². The predicted octanol–water partition coefficient (Wildman–Crippen LogP) is 0.943. The minimum absolute atomic E-state index is 0.227. The van der Waals surface area contributed by atoms with Crippen molar-refractivity contribution in [3.05, 3.63) is 35.1 Å². The third-order valence-electron chi connectivity index (χ3n) is 1.91. The Bertz CT molecular complexity index is 508. The summed E-state index contributed by atoms with van der Waals surface area (Å²) < 4.78 is 1.37. The average molecular weight is 239 g/mol. The Morgan fingerprint density at radius 2 is 2.06 bits per heavy atom. The molecule has 0 saturated heterocycles. The number of hydrogen-bond donors (Lipinski definition) is 1. The highest BCUT2D eigenvalue weighted by Gasteiger charge is 2.11. The van der Waals surface area contributed by atoms with Crippen molar-refractivity contribution >= 4 is 17.6 Å². The average Bonchev–Trinajstić information content (AvgIpc) is 2.66. The summed E-state index contributed by atoms with van der Waals surface area (Å²) in [6.07, 6.45) is -0.227. The first-order valence-corrected chi connectivity index (χ1v) is 4.79. The molecule has 0 saturated carbocycles. The van der Waals surface area contributed by atoms with Crippen molar-refractivity contribution in [1.82, 2.24) is 20.2 Å². The van der Waals surface area contributed by atoms with E-state index in [0.29, 0.717) is 10.7 Å². The zero-order chi connectivity index (χ0) is 11.5. The fourth-order valence-corrected chi connectivity index (χ4v) is 1.36. The molecule has 0 radical (unpaired) electrons. The van der Waals surface area contributed by atoms with Gasteiger partial charge in [-0.2, -0.15) is 4.68 Å². The van der Waals surface area contributed by atoms with Crippen molar-refractivity contribution in [3.8, 4) is 5.69 Å². The molecule has 0 aliphatic carbocycles. The number of aromatic nitrogens is 4. The van der Waals surface area contributed by atoms with Crippen LogP contribution >= 0.6 is 11.6 Å². The summed E-state index contributed by atoms with van der Waals surface area (Å²) in [6.45, 7) is 0. The van der Waals surface area contributed by atoms with Crippen molar-refractivity contribution in [1.29, 1.82) is 0 Å². The molecule has 0 amide bonds. The van der Waals surface area contributed by atoms with Crippen molar-refractivity contribution < 1.29 is 9.90 Å². The number of carboxylic acid groups (broad SMARTS) is 1. The highest BCUT2D eigenvalue weighted by molar-refractivity contribution is 6.30. The van der Waals surface area contributed by atoms with Crippen molar-refractivity contribution in [2.24, 2.45) is 0 Å². The van der Waals surface area contributed by atoms with Crippen molar-refractivity contribution in [2.75, 3.05) is 0 Å². The van der Waals surface area contributed by atoms with Gasteiger partial charge in [-0.3, -0.25) is 4.79 Å². The first-order valence-electron chi connectivity index (χ1n) is 4.42. The lowest BCUT2D eigenvalue weighted by atomic mass is 10.3. The van der Waals surface area contributed by atoms with Gasteiger partial charge in [0.15, 0.2) is 5.82 Å². The molecular formula is C9H7ClN4O2. The second-order valence-electron chi connectivity index (χ2n) is 3.05. The van der Waals surface area contributed by atoms with Crippen LogP contribution in [0.4, 0.5) is 0 Å². The van der Waals surface area contributed by atoms with Gasteiger partial charge in [0.1, 0.15) is 6.42 Å². The molecule has 1 N–H and O–H groups in total. The summed E-state index contributed by atoms with van der Waals surface area (Å²) in [5.41, 5.74) is 0.672. The van der Waals surface area contributed by atoms with Gasteiger partial charge in [0.25, 0.3) is 0 Å². The highest BCUT2D eigenvalue weighted by Crippen LogP contribution is 2.13. The molecule has 6 nitrogen and oxygen atoms in total. The summed E-state index contributed by atoms with van der Waals surface area (Å²) in [4.78, 5) is 10.6. The van der Waals surface area contributed by atoms with Gasteiger partial charge >= 0.3 is 5.97 Å². The maximum Gasteiger partial charge on any atom is 0.311 e. The SMILES string of the molecule is O=C(O)Cc1nnnn1-c1ccc(Cl)cc1. The van der Waals surface area contributed by atoms with E-state index in [4.69, 9.17) is 16.7 Å². The standard InChI is InChI=1S/C9H7ClN4O2/c10-6-1-3-7(4-2-6)14-8(5-9(15)16)11-12-13-14/h1-4H,5H2,(H,15,16). The Balaban J connectivity index is 2.36. The summed E-state index contributed by atoms with van der Waals surface area (Å²) in [5, 5.41) is 20.1. The molecule has 2 rings (SSSR count). The molecule has 7 heteroatoms. The molecule has 82 valence electrons. The van der Waals surface area contributed by atoms with E-state index < -0.39 is 5.97 Å². The van der Waals surface area contributed by atoms with Crippen LogP contribution in [-0.2, 0) is 11.2 Å². The van der Waals surface area contributed by atoms with Crippen LogP contribution in [0.1, 0.15) is 5.82 Å². The van der Waals surface area contributed by atoms with Gasteiger partial charge < -0.3 is 5.11 Å². The number of carboxylic acids is 1. The fourth-order valence-electron chi connectivity index (χ4n) is 1.23. The van der Waals surface area contributed by atoms with E-state index in [2.05, 4.69) is 15.5 Å². The van der Waals surface area contributed by atoms with Crippen LogP contribution in [0.5, 0.6) is 0 Å². The monoisotopic (exact) mass is 238 g/mol. The van der Waals surface area contributed by atoms with Crippen LogP contribution < -0.4 is 0 Å². The Kier molecular flexibility index (Phi) is 2.82. The Hall–Kier alpha value is -1.95. The number of halogens is 1. The molecule has 0 aliphatic heterocycles. The molecule has 0 aliphatic rings. The van der Waals surface area contributed by atoms with E-state index in [9.17, 15) is 4.79 Å². The summed E-state index contributed by atoms with van der Waals surface area (Å²) in [5.74, 6) is -0.708. The van der Waals surface area contributed by atoms with Crippen molar-refractivity contribution in [3.63, 3.8) is 0 Å². The molecule has 0 spiro atoms. The van der Waals surface area contributed by atoms with E-state index in [0.717, 1.165) is 0 Å². The molecular weight excluding hydrogens is 232 g/mol. The van der Waals surface area contributed by atoms with Crippen LogP contribution in [0.25, 0.3) is 5.69 Å². The van der Waals surface area contributed by atoms with Gasteiger partial charge in [-0.1, -0.05) is 11.6 Å². The lowest BCUT2D eigenvalue weighted by molar-refractivity contribution is -0.136. The van der Waals surface area contributed by atoms with Gasteiger partial charge in [0, 0.05) is 5.02 Å². The molecule has 1 heterocycles. The quantitative estimate of drug-likeness (QED) is 0.861. The summed E-state index contributed by atoms with van der Waals surface area (Å²) in [6, 6.07) is 6.79.